The third-order valence-electron chi connectivity index (χ3n) is 4.60. The van der Waals surface area contributed by atoms with Gasteiger partial charge < -0.3 is 5.32 Å². The second-order valence-electron chi connectivity index (χ2n) is 6.41. The molecule has 0 atom stereocenters. The minimum atomic E-state index is -3.38. The van der Waals surface area contributed by atoms with E-state index in [9.17, 15) is 13.2 Å². The fraction of sp³-hybridized carbons (Fsp3) is 0.688. The number of nitrogens with zero attached hydrogens (tertiary/aromatic N) is 1. The van der Waals surface area contributed by atoms with E-state index in [1.807, 2.05) is 0 Å². The van der Waals surface area contributed by atoms with Crippen molar-refractivity contribution in [1.29, 1.82) is 0 Å². The minimum Gasteiger partial charge on any atom is -0.353 e. The minimum absolute atomic E-state index is 0.000621. The van der Waals surface area contributed by atoms with Crippen molar-refractivity contribution in [1.82, 2.24) is 9.62 Å². The van der Waals surface area contributed by atoms with Gasteiger partial charge in [-0.1, -0.05) is 19.3 Å². The van der Waals surface area contributed by atoms with E-state index < -0.39 is 10.0 Å². The highest BCUT2D eigenvalue weighted by atomic mass is 32.2. The molecule has 0 radical (unpaired) electrons. The molecule has 0 aromatic carbocycles. The highest BCUT2D eigenvalue weighted by Gasteiger charge is 2.27. The van der Waals surface area contributed by atoms with Gasteiger partial charge in [0.1, 0.15) is 4.21 Å². The van der Waals surface area contributed by atoms with Crippen LogP contribution in [0.1, 0.15) is 49.8 Å². The van der Waals surface area contributed by atoms with E-state index in [1.54, 1.807) is 16.4 Å². The average Bonchev–Trinajstić information content (AvgIpc) is 3.20. The van der Waals surface area contributed by atoms with Gasteiger partial charge in [-0.2, -0.15) is 4.31 Å². The van der Waals surface area contributed by atoms with Crippen LogP contribution in [-0.2, 0) is 21.2 Å². The quantitative estimate of drug-likeness (QED) is 0.881. The van der Waals surface area contributed by atoms with Crippen LogP contribution in [-0.4, -0.2) is 37.8 Å². The normalized spacial score (nSPS) is 20.7. The van der Waals surface area contributed by atoms with E-state index in [0.717, 1.165) is 37.0 Å². The molecule has 0 unspecified atom stereocenters. The predicted octanol–water partition coefficient (Wildman–Crippen LogP) is 2.52. The first-order chi connectivity index (χ1) is 11.1. The zero-order chi connectivity index (χ0) is 16.3. The van der Waals surface area contributed by atoms with Crippen molar-refractivity contribution in [3.05, 3.63) is 17.0 Å². The number of piperidine rings is 1. The number of carbonyl (C=O) groups excluding carboxylic acids is 1. The Morgan fingerprint density at radius 2 is 1.83 bits per heavy atom. The third-order valence-corrected chi connectivity index (χ3v) is 8.05. The molecule has 1 saturated heterocycles. The summed E-state index contributed by atoms with van der Waals surface area (Å²) in [7, 11) is -3.38. The molecule has 0 spiro atoms. The SMILES string of the molecule is O=C(Cc1ccc(S(=O)(=O)N2CCCCC2)s1)NC1CCCC1. The summed E-state index contributed by atoms with van der Waals surface area (Å²) in [6.45, 7) is 1.22. The van der Waals surface area contributed by atoms with Gasteiger partial charge in [-0.15, -0.1) is 11.3 Å². The molecule has 1 aromatic rings. The molecule has 1 saturated carbocycles. The van der Waals surface area contributed by atoms with Crippen LogP contribution >= 0.6 is 11.3 Å². The molecule has 3 rings (SSSR count). The van der Waals surface area contributed by atoms with Gasteiger partial charge in [0.2, 0.25) is 5.91 Å². The smallest absolute Gasteiger partial charge is 0.252 e. The Kier molecular flexibility index (Phi) is 5.38. The summed E-state index contributed by atoms with van der Waals surface area (Å²) < 4.78 is 27.1. The molecule has 7 heteroatoms. The lowest BCUT2D eigenvalue weighted by Crippen LogP contribution is -2.35. The van der Waals surface area contributed by atoms with Gasteiger partial charge in [0.05, 0.1) is 6.42 Å². The molecule has 5 nitrogen and oxygen atoms in total. The van der Waals surface area contributed by atoms with Crippen molar-refractivity contribution >= 4 is 27.3 Å². The Hall–Kier alpha value is -0.920. The number of carbonyl (C=O) groups is 1. The van der Waals surface area contributed by atoms with Crippen LogP contribution in [0.25, 0.3) is 0 Å². The molecule has 1 N–H and O–H groups in total. The van der Waals surface area contributed by atoms with Crippen LogP contribution in [0.2, 0.25) is 0 Å². The third kappa shape index (κ3) is 4.14. The van der Waals surface area contributed by atoms with Gasteiger partial charge in [-0.3, -0.25) is 4.79 Å². The van der Waals surface area contributed by atoms with Crippen LogP contribution in [0.4, 0.5) is 0 Å². The molecular weight excluding hydrogens is 332 g/mol. The number of thiophene rings is 1. The monoisotopic (exact) mass is 356 g/mol. The molecular formula is C16H24N2O3S2. The van der Waals surface area contributed by atoms with Crippen LogP contribution in [0.15, 0.2) is 16.3 Å². The summed E-state index contributed by atoms with van der Waals surface area (Å²) in [4.78, 5) is 12.9. The van der Waals surface area contributed by atoms with Gasteiger partial charge in [0.15, 0.2) is 0 Å². The summed E-state index contributed by atoms with van der Waals surface area (Å²) in [6, 6.07) is 3.72. The predicted molar refractivity (Wildman–Crippen MR) is 91.0 cm³/mol. The van der Waals surface area contributed by atoms with E-state index in [1.165, 1.54) is 24.2 Å². The topological polar surface area (TPSA) is 66.5 Å². The fourth-order valence-electron chi connectivity index (χ4n) is 3.33. The van der Waals surface area contributed by atoms with Crippen LogP contribution in [0.3, 0.4) is 0 Å². The number of amides is 1. The Balaban J connectivity index is 1.61. The number of hydrogen-bond acceptors (Lipinski definition) is 4. The van der Waals surface area contributed by atoms with E-state index in [-0.39, 0.29) is 12.3 Å². The highest BCUT2D eigenvalue weighted by molar-refractivity contribution is 7.91. The van der Waals surface area contributed by atoms with Gasteiger partial charge in [0.25, 0.3) is 10.0 Å². The zero-order valence-electron chi connectivity index (χ0n) is 13.3. The van der Waals surface area contributed by atoms with E-state index in [0.29, 0.717) is 23.3 Å². The molecule has 23 heavy (non-hydrogen) atoms. The summed E-state index contributed by atoms with van der Waals surface area (Å²) in [6.07, 6.45) is 7.72. The molecule has 1 aliphatic carbocycles. The Labute approximate surface area is 142 Å². The molecule has 1 aromatic heterocycles. The Morgan fingerprint density at radius 3 is 2.52 bits per heavy atom. The van der Waals surface area contributed by atoms with Crippen LogP contribution in [0.5, 0.6) is 0 Å². The number of sulfonamides is 1. The van der Waals surface area contributed by atoms with Crippen LogP contribution in [0, 0.1) is 0 Å². The maximum atomic E-state index is 12.6. The molecule has 2 fully saturated rings. The van der Waals surface area contributed by atoms with Crippen molar-refractivity contribution in [2.45, 2.75) is 61.6 Å². The van der Waals surface area contributed by atoms with Gasteiger partial charge in [0, 0.05) is 24.0 Å². The Morgan fingerprint density at radius 1 is 1.13 bits per heavy atom. The van der Waals surface area contributed by atoms with E-state index >= 15 is 0 Å². The highest BCUT2D eigenvalue weighted by Crippen LogP contribution is 2.27. The number of hydrogen-bond donors (Lipinski definition) is 1. The summed E-state index contributed by atoms with van der Waals surface area (Å²) in [5, 5.41) is 3.05. The van der Waals surface area contributed by atoms with Crippen molar-refractivity contribution in [2.24, 2.45) is 0 Å². The lowest BCUT2D eigenvalue weighted by atomic mass is 10.2. The van der Waals surface area contributed by atoms with Gasteiger partial charge in [-0.25, -0.2) is 8.42 Å². The Bertz CT molecular complexity index is 642. The van der Waals surface area contributed by atoms with E-state index in [2.05, 4.69) is 5.32 Å². The van der Waals surface area contributed by atoms with Crippen molar-refractivity contribution in [2.75, 3.05) is 13.1 Å². The molecule has 1 aliphatic heterocycles. The zero-order valence-corrected chi connectivity index (χ0v) is 14.9. The van der Waals surface area contributed by atoms with Gasteiger partial charge >= 0.3 is 0 Å². The lowest BCUT2D eigenvalue weighted by molar-refractivity contribution is -0.121. The largest absolute Gasteiger partial charge is 0.353 e. The maximum Gasteiger partial charge on any atom is 0.252 e. The molecule has 2 heterocycles. The second-order valence-corrected chi connectivity index (χ2v) is 9.74. The van der Waals surface area contributed by atoms with Crippen molar-refractivity contribution in [3.63, 3.8) is 0 Å². The summed E-state index contributed by atoms with van der Waals surface area (Å²) in [5.74, 6) is 0.000621. The standard InChI is InChI=1S/C16H24N2O3S2/c19-15(17-13-6-2-3-7-13)12-14-8-9-16(22-14)23(20,21)18-10-4-1-5-11-18/h8-9,13H,1-7,10-12H2,(H,17,19). The first-order valence-electron chi connectivity index (χ1n) is 8.44. The molecule has 0 bridgehead atoms. The second kappa shape index (κ2) is 7.32. The molecule has 1 amide bonds. The number of rotatable bonds is 5. The van der Waals surface area contributed by atoms with Crippen molar-refractivity contribution < 1.29 is 13.2 Å². The first-order valence-corrected chi connectivity index (χ1v) is 10.7. The maximum absolute atomic E-state index is 12.6. The van der Waals surface area contributed by atoms with Gasteiger partial charge in [-0.05, 0) is 37.8 Å². The van der Waals surface area contributed by atoms with E-state index in [4.69, 9.17) is 0 Å². The fourth-order valence-corrected chi connectivity index (χ4v) is 6.36. The van der Waals surface area contributed by atoms with Crippen molar-refractivity contribution in [3.8, 4) is 0 Å². The molecule has 2 aliphatic rings. The summed E-state index contributed by atoms with van der Waals surface area (Å²) >= 11 is 1.23. The number of nitrogens with one attached hydrogen (secondary N) is 1. The van der Waals surface area contributed by atoms with Crippen LogP contribution < -0.4 is 5.32 Å². The average molecular weight is 357 g/mol. The first kappa shape index (κ1) is 16.9. The lowest BCUT2D eigenvalue weighted by Gasteiger charge is -2.25. The molecule has 128 valence electrons. The summed E-state index contributed by atoms with van der Waals surface area (Å²) in [5.41, 5.74) is 0.